The minimum Gasteiger partial charge on any atom is -0.449 e. The standard InChI is InChI=1S/C27H24N2O4/c30-25(26(31)18-9-10-19-14-28-12-11-17(19)13-18)15-29-27(32)33-16-24-22-7-3-1-5-20(22)21-6-2-4-8-23(21)24/h1-14,24-26,30-31H,15-16H2,(H,29,32). The third-order valence-corrected chi connectivity index (χ3v) is 6.17. The van der Waals surface area contributed by atoms with E-state index in [-0.39, 0.29) is 19.1 Å². The number of aromatic nitrogens is 1. The van der Waals surface area contributed by atoms with Crippen LogP contribution in [0.15, 0.2) is 85.2 Å². The summed E-state index contributed by atoms with van der Waals surface area (Å²) in [4.78, 5) is 16.4. The summed E-state index contributed by atoms with van der Waals surface area (Å²) >= 11 is 0. The van der Waals surface area contributed by atoms with Crippen molar-refractivity contribution in [1.29, 1.82) is 0 Å². The Morgan fingerprint density at radius 1 is 0.939 bits per heavy atom. The largest absolute Gasteiger partial charge is 0.449 e. The molecule has 0 aliphatic heterocycles. The molecule has 6 heteroatoms. The van der Waals surface area contributed by atoms with Crippen molar-refractivity contribution in [2.24, 2.45) is 0 Å². The normalized spacial score (nSPS) is 14.4. The molecule has 0 saturated heterocycles. The van der Waals surface area contributed by atoms with Gasteiger partial charge >= 0.3 is 6.09 Å². The average molecular weight is 440 g/mol. The van der Waals surface area contributed by atoms with Crippen LogP contribution in [0.25, 0.3) is 21.9 Å². The molecule has 1 aliphatic rings. The molecule has 5 rings (SSSR count). The number of fused-ring (bicyclic) bond motifs is 4. The van der Waals surface area contributed by atoms with E-state index in [0.717, 1.165) is 33.0 Å². The van der Waals surface area contributed by atoms with E-state index in [4.69, 9.17) is 4.74 Å². The molecule has 4 aromatic rings. The van der Waals surface area contributed by atoms with Crippen molar-refractivity contribution in [1.82, 2.24) is 10.3 Å². The Morgan fingerprint density at radius 2 is 1.64 bits per heavy atom. The number of ether oxygens (including phenoxy) is 1. The highest BCUT2D eigenvalue weighted by atomic mass is 16.5. The fraction of sp³-hybridized carbons (Fsp3) is 0.185. The van der Waals surface area contributed by atoms with Gasteiger partial charge in [0.2, 0.25) is 0 Å². The van der Waals surface area contributed by atoms with Gasteiger partial charge in [0.05, 0.1) is 0 Å². The second-order valence-electron chi connectivity index (χ2n) is 8.20. The Bertz CT molecular complexity index is 1260. The van der Waals surface area contributed by atoms with Crippen LogP contribution in [0.1, 0.15) is 28.7 Å². The van der Waals surface area contributed by atoms with Crippen molar-refractivity contribution in [3.8, 4) is 11.1 Å². The molecule has 2 unspecified atom stereocenters. The first kappa shape index (κ1) is 21.1. The van der Waals surface area contributed by atoms with Gasteiger partial charge in [-0.1, -0.05) is 60.7 Å². The summed E-state index contributed by atoms with van der Waals surface area (Å²) in [7, 11) is 0. The zero-order valence-corrected chi connectivity index (χ0v) is 17.9. The van der Waals surface area contributed by atoms with Crippen LogP contribution in [0.4, 0.5) is 4.79 Å². The van der Waals surface area contributed by atoms with Gasteiger partial charge < -0.3 is 20.3 Å². The van der Waals surface area contributed by atoms with Crippen LogP contribution in [-0.2, 0) is 4.74 Å². The summed E-state index contributed by atoms with van der Waals surface area (Å²) in [6.45, 7) is 0.0590. The SMILES string of the molecule is O=C(NCC(O)C(O)c1ccc2cnccc2c1)OCC1c2ccccc2-c2ccccc21. The number of carbonyl (C=O) groups excluding carboxylic acids is 1. The van der Waals surface area contributed by atoms with E-state index >= 15 is 0 Å². The van der Waals surface area contributed by atoms with Gasteiger partial charge in [-0.3, -0.25) is 4.98 Å². The molecular formula is C27H24N2O4. The van der Waals surface area contributed by atoms with E-state index < -0.39 is 18.3 Å². The number of aliphatic hydroxyl groups is 2. The van der Waals surface area contributed by atoms with E-state index in [0.29, 0.717) is 5.56 Å². The van der Waals surface area contributed by atoms with E-state index in [9.17, 15) is 15.0 Å². The van der Waals surface area contributed by atoms with Crippen molar-refractivity contribution in [2.45, 2.75) is 18.1 Å². The smallest absolute Gasteiger partial charge is 0.407 e. The van der Waals surface area contributed by atoms with E-state index in [1.807, 2.05) is 36.4 Å². The lowest BCUT2D eigenvalue weighted by Crippen LogP contribution is -2.36. The molecular weight excluding hydrogens is 416 g/mol. The molecule has 1 heterocycles. The summed E-state index contributed by atoms with van der Waals surface area (Å²) in [5.74, 6) is -0.0363. The summed E-state index contributed by atoms with van der Waals surface area (Å²) in [6.07, 6.45) is 0.461. The third-order valence-electron chi connectivity index (χ3n) is 6.17. The van der Waals surface area contributed by atoms with Crippen molar-refractivity contribution >= 4 is 16.9 Å². The highest BCUT2D eigenvalue weighted by molar-refractivity contribution is 5.82. The fourth-order valence-electron chi connectivity index (χ4n) is 4.46. The number of carbonyl (C=O) groups is 1. The first-order valence-electron chi connectivity index (χ1n) is 10.9. The number of nitrogens with one attached hydrogen (secondary N) is 1. The molecule has 166 valence electrons. The minimum atomic E-state index is -1.18. The van der Waals surface area contributed by atoms with Gasteiger partial charge in [0.15, 0.2) is 0 Å². The van der Waals surface area contributed by atoms with Crippen LogP contribution in [-0.4, -0.2) is 40.5 Å². The maximum absolute atomic E-state index is 12.3. The van der Waals surface area contributed by atoms with Crippen molar-refractivity contribution in [3.05, 3.63) is 102 Å². The summed E-state index contributed by atoms with van der Waals surface area (Å²) in [5, 5.41) is 25.3. The molecule has 2 atom stereocenters. The lowest BCUT2D eigenvalue weighted by atomic mass is 9.98. The Kier molecular flexibility index (Phi) is 5.77. The van der Waals surface area contributed by atoms with E-state index in [1.165, 1.54) is 0 Å². The number of amides is 1. The monoisotopic (exact) mass is 440 g/mol. The molecule has 1 amide bonds. The number of benzene rings is 3. The van der Waals surface area contributed by atoms with Crippen molar-refractivity contribution in [2.75, 3.05) is 13.2 Å². The third kappa shape index (κ3) is 4.18. The predicted molar refractivity (Wildman–Crippen MR) is 126 cm³/mol. The highest BCUT2D eigenvalue weighted by Crippen LogP contribution is 2.44. The summed E-state index contributed by atoms with van der Waals surface area (Å²) < 4.78 is 5.48. The number of hydrogen-bond acceptors (Lipinski definition) is 5. The Hall–Kier alpha value is -3.74. The molecule has 1 aromatic heterocycles. The molecule has 0 fully saturated rings. The molecule has 0 radical (unpaired) electrons. The Labute approximate surface area is 191 Å². The van der Waals surface area contributed by atoms with Crippen LogP contribution >= 0.6 is 0 Å². The van der Waals surface area contributed by atoms with Gasteiger partial charge in [0, 0.05) is 30.2 Å². The van der Waals surface area contributed by atoms with Gasteiger partial charge in [-0.15, -0.1) is 0 Å². The number of nitrogens with zero attached hydrogens (tertiary/aromatic N) is 1. The first-order valence-corrected chi connectivity index (χ1v) is 10.9. The molecule has 0 spiro atoms. The Balaban J connectivity index is 1.19. The van der Waals surface area contributed by atoms with Crippen LogP contribution in [0.2, 0.25) is 0 Å². The molecule has 33 heavy (non-hydrogen) atoms. The quantitative estimate of drug-likeness (QED) is 0.419. The van der Waals surface area contributed by atoms with Gasteiger partial charge in [-0.2, -0.15) is 0 Å². The molecule has 1 aliphatic carbocycles. The Morgan fingerprint density at radius 3 is 2.36 bits per heavy atom. The zero-order valence-electron chi connectivity index (χ0n) is 17.9. The maximum atomic E-state index is 12.3. The number of aliphatic hydroxyl groups excluding tert-OH is 2. The predicted octanol–water partition coefficient (Wildman–Crippen LogP) is 4.17. The molecule has 6 nitrogen and oxygen atoms in total. The summed E-state index contributed by atoms with van der Waals surface area (Å²) in [6, 6.07) is 23.5. The molecule has 3 aromatic carbocycles. The average Bonchev–Trinajstić information content (AvgIpc) is 3.19. The van der Waals surface area contributed by atoms with Crippen LogP contribution in [0.3, 0.4) is 0 Å². The number of pyridine rings is 1. The van der Waals surface area contributed by atoms with Gasteiger partial charge in [0.1, 0.15) is 18.8 Å². The van der Waals surface area contributed by atoms with Crippen LogP contribution < -0.4 is 5.32 Å². The molecule has 0 bridgehead atoms. The van der Waals surface area contributed by atoms with E-state index in [2.05, 4.69) is 34.6 Å². The van der Waals surface area contributed by atoms with Crippen molar-refractivity contribution in [3.63, 3.8) is 0 Å². The number of rotatable bonds is 6. The second kappa shape index (κ2) is 9.02. The second-order valence-corrected chi connectivity index (χ2v) is 8.20. The highest BCUT2D eigenvalue weighted by Gasteiger charge is 2.29. The van der Waals surface area contributed by atoms with E-state index in [1.54, 1.807) is 24.5 Å². The number of hydrogen-bond donors (Lipinski definition) is 3. The van der Waals surface area contributed by atoms with Crippen molar-refractivity contribution < 1.29 is 19.7 Å². The topological polar surface area (TPSA) is 91.7 Å². The fourth-order valence-corrected chi connectivity index (χ4v) is 4.46. The van der Waals surface area contributed by atoms with Gasteiger partial charge in [0.25, 0.3) is 0 Å². The van der Waals surface area contributed by atoms with Gasteiger partial charge in [-0.25, -0.2) is 4.79 Å². The van der Waals surface area contributed by atoms with Crippen LogP contribution in [0, 0.1) is 0 Å². The number of alkyl carbamates (subject to hydrolysis) is 1. The summed E-state index contributed by atoms with van der Waals surface area (Å²) in [5.41, 5.74) is 5.15. The lowest BCUT2D eigenvalue weighted by molar-refractivity contribution is 0.0186. The van der Waals surface area contributed by atoms with Gasteiger partial charge in [-0.05, 0) is 45.3 Å². The molecule has 3 N–H and O–H groups in total. The minimum absolute atomic E-state index is 0.0363. The molecule has 0 saturated carbocycles. The maximum Gasteiger partial charge on any atom is 0.407 e. The lowest BCUT2D eigenvalue weighted by Gasteiger charge is -2.20. The zero-order chi connectivity index (χ0) is 22.8. The first-order chi connectivity index (χ1) is 16.1. The van der Waals surface area contributed by atoms with Crippen LogP contribution in [0.5, 0.6) is 0 Å².